The van der Waals surface area contributed by atoms with Crippen molar-refractivity contribution in [3.63, 3.8) is 0 Å². The molecule has 2 aromatic rings. The maximum atomic E-state index is 12.8. The third kappa shape index (κ3) is 3.31. The number of carbonyl (C=O) groups excluding carboxylic acids is 1. The highest BCUT2D eigenvalue weighted by molar-refractivity contribution is 5.99. The van der Waals surface area contributed by atoms with Crippen LogP contribution in [0.5, 0.6) is 0 Å². The maximum Gasteiger partial charge on any atom is 0.326 e. The highest BCUT2D eigenvalue weighted by Crippen LogP contribution is 2.20. The van der Waals surface area contributed by atoms with Gasteiger partial charge in [0.15, 0.2) is 0 Å². The van der Waals surface area contributed by atoms with Crippen molar-refractivity contribution in [2.75, 3.05) is 6.54 Å². The van der Waals surface area contributed by atoms with Crippen molar-refractivity contribution in [1.29, 1.82) is 0 Å². The molecular formula is C17H19N3O3. The number of nitrogens with zero attached hydrogens (tertiary/aromatic N) is 3. The second-order valence-corrected chi connectivity index (χ2v) is 5.82. The first-order valence-electron chi connectivity index (χ1n) is 7.91. The van der Waals surface area contributed by atoms with Crippen LogP contribution in [0, 0.1) is 0 Å². The fraction of sp³-hybridized carbons (Fsp3) is 0.412. The number of benzene rings is 1. The summed E-state index contributed by atoms with van der Waals surface area (Å²) in [5.74, 6) is -1.17. The van der Waals surface area contributed by atoms with Gasteiger partial charge in [-0.05, 0) is 31.0 Å². The van der Waals surface area contributed by atoms with Crippen LogP contribution in [0.2, 0.25) is 0 Å². The van der Waals surface area contributed by atoms with Crippen LogP contribution in [-0.2, 0) is 4.79 Å². The molecule has 1 N–H and O–H groups in total. The van der Waals surface area contributed by atoms with Crippen LogP contribution in [0.3, 0.4) is 0 Å². The standard InChI is InChI=1S/C17H19N3O3/c21-16(12-6-7-13-14(11-12)19-9-8-18-13)20-10-4-2-1-3-5-15(20)17(22)23/h6-9,11,15H,1-5,10H2,(H,22,23). The number of rotatable bonds is 2. The summed E-state index contributed by atoms with van der Waals surface area (Å²) in [5.41, 5.74) is 1.81. The van der Waals surface area contributed by atoms with E-state index < -0.39 is 12.0 Å². The molecule has 1 aromatic carbocycles. The molecule has 3 rings (SSSR count). The molecule has 0 bridgehead atoms. The Balaban J connectivity index is 1.92. The molecule has 2 heterocycles. The average molecular weight is 313 g/mol. The molecule has 1 atom stereocenters. The van der Waals surface area contributed by atoms with Crippen molar-refractivity contribution in [3.8, 4) is 0 Å². The zero-order valence-electron chi connectivity index (χ0n) is 12.8. The summed E-state index contributed by atoms with van der Waals surface area (Å²) in [5, 5.41) is 9.48. The Morgan fingerprint density at radius 3 is 2.57 bits per heavy atom. The summed E-state index contributed by atoms with van der Waals surface area (Å²) in [6, 6.07) is 4.37. The van der Waals surface area contributed by atoms with Gasteiger partial charge in [-0.1, -0.05) is 19.3 Å². The number of amides is 1. The lowest BCUT2D eigenvalue weighted by molar-refractivity contribution is -0.142. The summed E-state index contributed by atoms with van der Waals surface area (Å²) < 4.78 is 0. The van der Waals surface area contributed by atoms with E-state index in [1.807, 2.05) is 0 Å². The monoisotopic (exact) mass is 313 g/mol. The number of aromatic nitrogens is 2. The van der Waals surface area contributed by atoms with Gasteiger partial charge in [-0.25, -0.2) is 4.79 Å². The van der Waals surface area contributed by atoms with Crippen LogP contribution in [-0.4, -0.2) is 44.4 Å². The van der Waals surface area contributed by atoms with Gasteiger partial charge in [0.1, 0.15) is 6.04 Å². The van der Waals surface area contributed by atoms with E-state index in [0.29, 0.717) is 29.6 Å². The summed E-state index contributed by atoms with van der Waals surface area (Å²) in [4.78, 5) is 34.3. The summed E-state index contributed by atoms with van der Waals surface area (Å²) in [6.07, 6.45) is 7.41. The van der Waals surface area contributed by atoms with Gasteiger partial charge >= 0.3 is 5.97 Å². The van der Waals surface area contributed by atoms with E-state index in [0.717, 1.165) is 25.7 Å². The smallest absolute Gasteiger partial charge is 0.326 e. The number of hydrogen-bond donors (Lipinski definition) is 1. The van der Waals surface area contributed by atoms with Crippen LogP contribution < -0.4 is 0 Å². The van der Waals surface area contributed by atoms with Gasteiger partial charge in [0, 0.05) is 24.5 Å². The van der Waals surface area contributed by atoms with Gasteiger partial charge < -0.3 is 10.0 Å². The minimum absolute atomic E-state index is 0.244. The lowest BCUT2D eigenvalue weighted by Gasteiger charge is -2.31. The van der Waals surface area contributed by atoms with Gasteiger partial charge in [-0.3, -0.25) is 14.8 Å². The number of carbonyl (C=O) groups is 2. The Hall–Kier alpha value is -2.50. The highest BCUT2D eigenvalue weighted by atomic mass is 16.4. The first kappa shape index (κ1) is 15.4. The van der Waals surface area contributed by atoms with Crippen LogP contribution in [0.1, 0.15) is 42.5 Å². The number of carboxylic acid groups (broad SMARTS) is 1. The maximum absolute atomic E-state index is 12.8. The predicted molar refractivity (Wildman–Crippen MR) is 85.1 cm³/mol. The van der Waals surface area contributed by atoms with E-state index in [1.165, 1.54) is 4.90 Å². The molecule has 6 heteroatoms. The third-order valence-electron chi connectivity index (χ3n) is 4.26. The fourth-order valence-corrected chi connectivity index (χ4v) is 3.05. The van der Waals surface area contributed by atoms with Gasteiger partial charge in [-0.2, -0.15) is 0 Å². The van der Waals surface area contributed by atoms with Crippen molar-refractivity contribution >= 4 is 22.9 Å². The molecule has 1 aromatic heterocycles. The van der Waals surface area contributed by atoms with Crippen molar-refractivity contribution in [2.24, 2.45) is 0 Å². The van der Waals surface area contributed by atoms with Crippen molar-refractivity contribution < 1.29 is 14.7 Å². The molecule has 1 aliphatic rings. The summed E-state index contributed by atoms with van der Waals surface area (Å²) in [7, 11) is 0. The molecule has 1 fully saturated rings. The molecule has 0 spiro atoms. The molecule has 1 unspecified atom stereocenters. The third-order valence-corrected chi connectivity index (χ3v) is 4.26. The minimum Gasteiger partial charge on any atom is -0.480 e. The Morgan fingerprint density at radius 2 is 1.78 bits per heavy atom. The first-order valence-corrected chi connectivity index (χ1v) is 7.91. The molecule has 0 radical (unpaired) electrons. The fourth-order valence-electron chi connectivity index (χ4n) is 3.05. The van der Waals surface area contributed by atoms with Gasteiger partial charge in [0.2, 0.25) is 0 Å². The van der Waals surface area contributed by atoms with Crippen molar-refractivity contribution in [2.45, 2.75) is 38.1 Å². The highest BCUT2D eigenvalue weighted by Gasteiger charge is 2.30. The molecule has 6 nitrogen and oxygen atoms in total. The van der Waals surface area contributed by atoms with Crippen LogP contribution in [0.4, 0.5) is 0 Å². The Bertz CT molecular complexity index is 732. The second-order valence-electron chi connectivity index (χ2n) is 5.82. The normalized spacial score (nSPS) is 19.1. The quantitative estimate of drug-likeness (QED) is 0.921. The van der Waals surface area contributed by atoms with Crippen LogP contribution >= 0.6 is 0 Å². The van der Waals surface area contributed by atoms with Crippen LogP contribution in [0.25, 0.3) is 11.0 Å². The summed E-state index contributed by atoms with van der Waals surface area (Å²) in [6.45, 7) is 0.480. The average Bonchev–Trinajstić information content (AvgIpc) is 2.53. The predicted octanol–water partition coefficient (Wildman–Crippen LogP) is 2.49. The lowest BCUT2D eigenvalue weighted by atomic mass is 10.0. The van der Waals surface area contributed by atoms with Crippen molar-refractivity contribution in [3.05, 3.63) is 36.2 Å². The molecule has 1 amide bonds. The molecule has 0 saturated carbocycles. The number of aliphatic carboxylic acids is 1. The summed E-state index contributed by atoms with van der Waals surface area (Å²) >= 11 is 0. The number of fused-ring (bicyclic) bond motifs is 1. The van der Waals surface area contributed by atoms with E-state index in [4.69, 9.17) is 0 Å². The Labute approximate surface area is 134 Å². The second kappa shape index (κ2) is 6.73. The molecular weight excluding hydrogens is 294 g/mol. The largest absolute Gasteiger partial charge is 0.480 e. The lowest BCUT2D eigenvalue weighted by Crippen LogP contribution is -2.46. The van der Waals surface area contributed by atoms with E-state index in [2.05, 4.69) is 9.97 Å². The van der Waals surface area contributed by atoms with Gasteiger partial charge in [0.05, 0.1) is 11.0 Å². The van der Waals surface area contributed by atoms with Crippen LogP contribution in [0.15, 0.2) is 30.6 Å². The number of likely N-dealkylation sites (tertiary alicyclic amines) is 1. The number of hydrogen-bond acceptors (Lipinski definition) is 4. The minimum atomic E-state index is -0.930. The van der Waals surface area contributed by atoms with Gasteiger partial charge in [0.25, 0.3) is 5.91 Å². The first-order chi connectivity index (χ1) is 11.2. The molecule has 1 aliphatic heterocycles. The Morgan fingerprint density at radius 1 is 1.04 bits per heavy atom. The number of carboxylic acids is 1. The van der Waals surface area contributed by atoms with E-state index in [1.54, 1.807) is 30.6 Å². The zero-order chi connectivity index (χ0) is 16.2. The zero-order valence-corrected chi connectivity index (χ0v) is 12.8. The van der Waals surface area contributed by atoms with Crippen molar-refractivity contribution in [1.82, 2.24) is 14.9 Å². The topological polar surface area (TPSA) is 83.4 Å². The molecule has 1 saturated heterocycles. The van der Waals surface area contributed by atoms with E-state index in [9.17, 15) is 14.7 Å². The van der Waals surface area contributed by atoms with E-state index in [-0.39, 0.29) is 5.91 Å². The molecule has 0 aliphatic carbocycles. The van der Waals surface area contributed by atoms with E-state index >= 15 is 0 Å². The van der Waals surface area contributed by atoms with Gasteiger partial charge in [-0.15, -0.1) is 0 Å². The molecule has 120 valence electrons. The molecule has 23 heavy (non-hydrogen) atoms. The SMILES string of the molecule is O=C(O)C1CCCCCCN1C(=O)c1ccc2nccnc2c1. The Kier molecular flexibility index (Phi) is 4.50.